The maximum Gasteiger partial charge on any atom is 0.0951 e. The number of hydrogen-bond acceptors (Lipinski definition) is 3. The van der Waals surface area contributed by atoms with E-state index >= 15 is 0 Å². The Morgan fingerprint density at radius 1 is 1.17 bits per heavy atom. The molecule has 5 rings (SSSR count). The first-order valence-electron chi connectivity index (χ1n) is 7.66. The van der Waals surface area contributed by atoms with Crippen LogP contribution < -0.4 is 4.90 Å². The Labute approximate surface area is 143 Å². The molecule has 0 amide bonds. The van der Waals surface area contributed by atoms with Gasteiger partial charge in [0.15, 0.2) is 0 Å². The summed E-state index contributed by atoms with van der Waals surface area (Å²) in [7, 11) is 0. The zero-order valence-corrected chi connectivity index (χ0v) is 13.9. The number of hydrogen-bond donors (Lipinski definition) is 0. The highest BCUT2D eigenvalue weighted by Gasteiger charge is 2.33. The van der Waals surface area contributed by atoms with Crippen LogP contribution in [0, 0.1) is 0 Å². The number of nitrogens with zero attached hydrogens (tertiary/aromatic N) is 3. The average molecular weight is 340 g/mol. The van der Waals surface area contributed by atoms with Crippen LogP contribution in [0.4, 0.5) is 11.4 Å². The molecule has 3 nitrogen and oxygen atoms in total. The Morgan fingerprint density at radius 3 is 3.00 bits per heavy atom. The van der Waals surface area contributed by atoms with Gasteiger partial charge in [-0.05, 0) is 36.2 Å². The lowest BCUT2D eigenvalue weighted by molar-refractivity contribution is 0.522. The van der Waals surface area contributed by atoms with Gasteiger partial charge >= 0.3 is 0 Å². The van der Waals surface area contributed by atoms with E-state index in [1.165, 1.54) is 26.7 Å². The van der Waals surface area contributed by atoms with Crippen LogP contribution in [0.2, 0.25) is 5.02 Å². The van der Waals surface area contributed by atoms with Crippen LogP contribution in [0.25, 0.3) is 0 Å². The van der Waals surface area contributed by atoms with Crippen molar-refractivity contribution in [1.29, 1.82) is 0 Å². The van der Waals surface area contributed by atoms with Crippen molar-refractivity contribution in [1.82, 2.24) is 9.55 Å². The molecule has 3 aromatic rings. The number of fused-ring (bicyclic) bond motifs is 2. The van der Waals surface area contributed by atoms with E-state index in [9.17, 15) is 0 Å². The van der Waals surface area contributed by atoms with E-state index in [2.05, 4.69) is 51.0 Å². The minimum atomic E-state index is 0.352. The molecular weight excluding hydrogens is 326 g/mol. The van der Waals surface area contributed by atoms with Crippen molar-refractivity contribution in [2.45, 2.75) is 22.3 Å². The van der Waals surface area contributed by atoms with E-state index in [4.69, 9.17) is 11.6 Å². The summed E-state index contributed by atoms with van der Waals surface area (Å²) in [6.07, 6.45) is 6.88. The maximum absolute atomic E-state index is 6.25. The van der Waals surface area contributed by atoms with Gasteiger partial charge in [-0.15, -0.1) is 0 Å². The minimum Gasteiger partial charge on any atom is -0.339 e. The van der Waals surface area contributed by atoms with Gasteiger partial charge in [0.25, 0.3) is 0 Å². The SMILES string of the molecule is Clc1ccc2c(c1)N1CCC(n3ccnc3)c3cccc(c31)S2. The second-order valence-corrected chi connectivity index (χ2v) is 7.39. The molecule has 1 atom stereocenters. The number of rotatable bonds is 1. The van der Waals surface area contributed by atoms with E-state index in [1.807, 2.05) is 30.4 Å². The van der Waals surface area contributed by atoms with Crippen molar-refractivity contribution in [3.8, 4) is 0 Å². The fraction of sp³-hybridized carbons (Fsp3) is 0.167. The summed E-state index contributed by atoms with van der Waals surface area (Å²) in [5.41, 5.74) is 3.92. The average Bonchev–Trinajstić information content (AvgIpc) is 3.10. The van der Waals surface area contributed by atoms with Gasteiger partial charge in [0, 0.05) is 33.8 Å². The highest BCUT2D eigenvalue weighted by molar-refractivity contribution is 7.99. The Hall–Kier alpha value is -1.91. The molecule has 0 bridgehead atoms. The summed E-state index contributed by atoms with van der Waals surface area (Å²) in [4.78, 5) is 9.25. The summed E-state index contributed by atoms with van der Waals surface area (Å²) in [6.45, 7) is 0.987. The van der Waals surface area contributed by atoms with Crippen molar-refractivity contribution in [3.63, 3.8) is 0 Å². The van der Waals surface area contributed by atoms with Gasteiger partial charge in [-0.25, -0.2) is 4.98 Å². The van der Waals surface area contributed by atoms with E-state index in [-0.39, 0.29) is 0 Å². The molecule has 0 saturated heterocycles. The van der Waals surface area contributed by atoms with E-state index < -0.39 is 0 Å². The van der Waals surface area contributed by atoms with Gasteiger partial charge in [0.05, 0.1) is 23.7 Å². The van der Waals surface area contributed by atoms with Crippen molar-refractivity contribution in [3.05, 3.63) is 65.7 Å². The van der Waals surface area contributed by atoms with Crippen molar-refractivity contribution < 1.29 is 0 Å². The second-order valence-electron chi connectivity index (χ2n) is 5.87. The molecule has 0 radical (unpaired) electrons. The zero-order valence-electron chi connectivity index (χ0n) is 12.3. The number of benzene rings is 2. The molecule has 0 saturated carbocycles. The predicted molar refractivity (Wildman–Crippen MR) is 94.0 cm³/mol. The van der Waals surface area contributed by atoms with Crippen molar-refractivity contribution >= 4 is 34.7 Å². The fourth-order valence-electron chi connectivity index (χ4n) is 3.61. The summed E-state index contributed by atoms with van der Waals surface area (Å²) in [5.74, 6) is 0. The second kappa shape index (κ2) is 5.05. The van der Waals surface area contributed by atoms with Crippen LogP contribution in [-0.2, 0) is 0 Å². The third-order valence-electron chi connectivity index (χ3n) is 4.60. The zero-order chi connectivity index (χ0) is 15.4. The van der Waals surface area contributed by atoms with E-state index in [1.54, 1.807) is 0 Å². The number of anilines is 2. The molecule has 2 aliphatic rings. The van der Waals surface area contributed by atoms with Crippen LogP contribution in [0.1, 0.15) is 18.0 Å². The first kappa shape index (κ1) is 13.5. The number of imidazole rings is 1. The molecule has 2 aromatic carbocycles. The lowest BCUT2D eigenvalue weighted by Crippen LogP contribution is -2.31. The highest BCUT2D eigenvalue weighted by Crippen LogP contribution is 2.53. The Bertz CT molecular complexity index is 891. The summed E-state index contributed by atoms with van der Waals surface area (Å²) >= 11 is 8.08. The lowest BCUT2D eigenvalue weighted by atomic mass is 9.95. The molecule has 1 aromatic heterocycles. The standard InChI is InChI=1S/C18H14ClN3S/c19-12-4-5-16-15(10-12)22-8-6-14(21-9-7-20-11-21)13-2-1-3-17(23-16)18(13)22/h1-5,7,9-11,14H,6,8H2. The quantitative estimate of drug-likeness (QED) is 0.613. The molecule has 0 N–H and O–H groups in total. The lowest BCUT2D eigenvalue weighted by Gasteiger charge is -2.40. The normalized spacial score (nSPS) is 18.5. The Kier molecular flexibility index (Phi) is 2.97. The molecular formula is C18H14ClN3S. The number of aromatic nitrogens is 2. The maximum atomic E-state index is 6.25. The minimum absolute atomic E-state index is 0.352. The monoisotopic (exact) mass is 339 g/mol. The predicted octanol–water partition coefficient (Wildman–Crippen LogP) is 5.13. The smallest absolute Gasteiger partial charge is 0.0951 e. The largest absolute Gasteiger partial charge is 0.339 e. The molecule has 2 aliphatic heterocycles. The van der Waals surface area contributed by atoms with Gasteiger partial charge in [0.1, 0.15) is 0 Å². The first-order valence-corrected chi connectivity index (χ1v) is 8.86. The molecule has 1 unspecified atom stereocenters. The Balaban J connectivity index is 1.70. The fourth-order valence-corrected chi connectivity index (χ4v) is 4.89. The van der Waals surface area contributed by atoms with Crippen molar-refractivity contribution in [2.75, 3.05) is 11.4 Å². The van der Waals surface area contributed by atoms with E-state index in [0.717, 1.165) is 18.0 Å². The highest BCUT2D eigenvalue weighted by atomic mass is 35.5. The number of halogens is 1. The molecule has 5 heteroatoms. The molecule has 0 spiro atoms. The summed E-state index contributed by atoms with van der Waals surface area (Å²) in [5, 5.41) is 0.794. The van der Waals surface area contributed by atoms with Crippen LogP contribution in [0.15, 0.2) is 64.9 Å². The van der Waals surface area contributed by atoms with Crippen LogP contribution in [0.3, 0.4) is 0 Å². The van der Waals surface area contributed by atoms with Gasteiger partial charge < -0.3 is 9.47 Å². The van der Waals surface area contributed by atoms with E-state index in [0.29, 0.717) is 6.04 Å². The topological polar surface area (TPSA) is 21.1 Å². The van der Waals surface area contributed by atoms with Crippen LogP contribution >= 0.6 is 23.4 Å². The van der Waals surface area contributed by atoms with Gasteiger partial charge in [0.2, 0.25) is 0 Å². The first-order chi connectivity index (χ1) is 11.3. The summed E-state index contributed by atoms with van der Waals surface area (Å²) < 4.78 is 2.21. The van der Waals surface area contributed by atoms with Crippen LogP contribution in [0.5, 0.6) is 0 Å². The van der Waals surface area contributed by atoms with Crippen molar-refractivity contribution in [2.24, 2.45) is 0 Å². The molecule has 0 aliphatic carbocycles. The third-order valence-corrected chi connectivity index (χ3v) is 5.95. The summed E-state index contributed by atoms with van der Waals surface area (Å²) in [6, 6.07) is 13.2. The Morgan fingerprint density at radius 2 is 2.13 bits per heavy atom. The number of para-hydroxylation sites is 1. The van der Waals surface area contributed by atoms with Gasteiger partial charge in [-0.3, -0.25) is 0 Å². The molecule has 23 heavy (non-hydrogen) atoms. The molecule has 114 valence electrons. The molecule has 0 fully saturated rings. The van der Waals surface area contributed by atoms with Gasteiger partial charge in [-0.1, -0.05) is 35.5 Å². The van der Waals surface area contributed by atoms with Crippen LogP contribution in [-0.4, -0.2) is 16.1 Å². The molecule has 3 heterocycles. The third kappa shape index (κ3) is 2.02. The van der Waals surface area contributed by atoms with Gasteiger partial charge in [-0.2, -0.15) is 0 Å².